The molecule has 0 saturated heterocycles. The highest BCUT2D eigenvalue weighted by Crippen LogP contribution is 2.26. The molecule has 0 aliphatic rings. The zero-order chi connectivity index (χ0) is 15.6. The number of benzene rings is 1. The molecule has 2 aromatic rings. The van der Waals surface area contributed by atoms with Crippen LogP contribution in [0.5, 0.6) is 5.88 Å². The summed E-state index contributed by atoms with van der Waals surface area (Å²) < 4.78 is 1.05. The molecular formula is C16H16N2O3. The van der Waals surface area contributed by atoms with E-state index in [1.165, 1.54) is 0 Å². The summed E-state index contributed by atoms with van der Waals surface area (Å²) in [7, 11) is 0. The second-order valence-electron chi connectivity index (χ2n) is 4.88. The van der Waals surface area contributed by atoms with Crippen LogP contribution in [0.1, 0.15) is 22.8 Å². The van der Waals surface area contributed by atoms with E-state index in [1.54, 1.807) is 38.1 Å². The lowest BCUT2D eigenvalue weighted by molar-refractivity contribution is 0.150. The summed E-state index contributed by atoms with van der Waals surface area (Å²) in [6.45, 7) is 10.3. The number of rotatable bonds is 3. The molecule has 0 spiro atoms. The Morgan fingerprint density at radius 3 is 2.43 bits per heavy atom. The maximum atomic E-state index is 12.2. The Morgan fingerprint density at radius 1 is 1.24 bits per heavy atom. The molecule has 0 amide bonds. The first kappa shape index (κ1) is 14.8. The van der Waals surface area contributed by atoms with Crippen molar-refractivity contribution in [2.45, 2.75) is 26.5 Å². The smallest absolute Gasteiger partial charge is 0.259 e. The van der Waals surface area contributed by atoms with Crippen LogP contribution >= 0.6 is 0 Å². The zero-order valence-electron chi connectivity index (χ0n) is 11.9. The summed E-state index contributed by atoms with van der Waals surface area (Å²) in [5.74, 6) is -0.208. The van der Waals surface area contributed by atoms with Crippen molar-refractivity contribution in [3.05, 3.63) is 68.8 Å². The monoisotopic (exact) mass is 284 g/mol. The number of pyridine rings is 1. The minimum atomic E-state index is -0.935. The normalized spacial score (nSPS) is 11.9. The van der Waals surface area contributed by atoms with Gasteiger partial charge in [0, 0.05) is 5.56 Å². The van der Waals surface area contributed by atoms with Gasteiger partial charge in [-0.2, -0.15) is 0 Å². The predicted molar refractivity (Wildman–Crippen MR) is 79.5 cm³/mol. The van der Waals surface area contributed by atoms with E-state index in [2.05, 4.69) is 4.85 Å². The fourth-order valence-electron chi connectivity index (χ4n) is 2.19. The van der Waals surface area contributed by atoms with E-state index in [9.17, 15) is 15.0 Å². The maximum absolute atomic E-state index is 12.2. The number of aliphatic hydroxyl groups excluding tert-OH is 1. The minimum absolute atomic E-state index is 0.0226. The highest BCUT2D eigenvalue weighted by atomic mass is 16.3. The molecule has 1 aromatic heterocycles. The maximum Gasteiger partial charge on any atom is 0.259 e. The molecule has 1 heterocycles. The van der Waals surface area contributed by atoms with Gasteiger partial charge in [0.1, 0.15) is 0 Å². The first-order valence-corrected chi connectivity index (χ1v) is 6.50. The molecule has 5 nitrogen and oxygen atoms in total. The lowest BCUT2D eigenvalue weighted by atomic mass is 10.1. The van der Waals surface area contributed by atoms with Gasteiger partial charge in [-0.25, -0.2) is 4.85 Å². The topological polar surface area (TPSA) is 66.8 Å². The van der Waals surface area contributed by atoms with Crippen molar-refractivity contribution in [2.24, 2.45) is 0 Å². The van der Waals surface area contributed by atoms with Crippen molar-refractivity contribution in [1.29, 1.82) is 0 Å². The van der Waals surface area contributed by atoms with Crippen LogP contribution in [-0.2, 0) is 6.54 Å². The molecule has 2 N–H and O–H groups in total. The second kappa shape index (κ2) is 5.81. The van der Waals surface area contributed by atoms with Crippen molar-refractivity contribution in [3.8, 4) is 5.88 Å². The van der Waals surface area contributed by atoms with Gasteiger partial charge in [-0.15, -0.1) is 0 Å². The van der Waals surface area contributed by atoms with Crippen LogP contribution in [0.3, 0.4) is 0 Å². The van der Waals surface area contributed by atoms with Gasteiger partial charge in [0.15, 0.2) is 5.88 Å². The fourth-order valence-corrected chi connectivity index (χ4v) is 2.19. The molecule has 0 aliphatic carbocycles. The Morgan fingerprint density at radius 2 is 1.86 bits per heavy atom. The number of hydrogen-bond acceptors (Lipinski definition) is 3. The van der Waals surface area contributed by atoms with E-state index >= 15 is 0 Å². The Balaban J connectivity index is 2.49. The Hall–Kier alpha value is -2.58. The molecule has 1 unspecified atom stereocenters. The molecule has 0 aliphatic heterocycles. The molecular weight excluding hydrogens is 268 g/mol. The average Bonchev–Trinajstić information content (AvgIpc) is 2.51. The third-order valence-corrected chi connectivity index (χ3v) is 3.61. The third-order valence-electron chi connectivity index (χ3n) is 3.61. The highest BCUT2D eigenvalue weighted by molar-refractivity contribution is 5.55. The van der Waals surface area contributed by atoms with Crippen LogP contribution in [0.15, 0.2) is 35.1 Å². The van der Waals surface area contributed by atoms with Gasteiger partial charge in [-0.1, -0.05) is 30.3 Å². The van der Waals surface area contributed by atoms with E-state index < -0.39 is 11.7 Å². The summed E-state index contributed by atoms with van der Waals surface area (Å²) >= 11 is 0. The first-order valence-electron chi connectivity index (χ1n) is 6.50. The molecule has 108 valence electrons. The molecule has 21 heavy (non-hydrogen) atoms. The van der Waals surface area contributed by atoms with Gasteiger partial charge in [-0.05, 0) is 25.0 Å². The van der Waals surface area contributed by atoms with E-state index in [-0.39, 0.29) is 18.1 Å². The Labute approximate surface area is 122 Å². The lowest BCUT2D eigenvalue weighted by Crippen LogP contribution is -2.24. The van der Waals surface area contributed by atoms with Crippen molar-refractivity contribution in [2.75, 3.05) is 0 Å². The van der Waals surface area contributed by atoms with Gasteiger partial charge in [0.2, 0.25) is 0 Å². The van der Waals surface area contributed by atoms with Crippen LogP contribution in [-0.4, -0.2) is 14.8 Å². The van der Waals surface area contributed by atoms with Crippen molar-refractivity contribution >= 4 is 5.69 Å². The highest BCUT2D eigenvalue weighted by Gasteiger charge is 2.19. The first-order chi connectivity index (χ1) is 9.97. The molecule has 0 fully saturated rings. The molecule has 0 radical (unpaired) electrons. The number of nitrogens with zero attached hydrogens (tertiary/aromatic N) is 2. The van der Waals surface area contributed by atoms with Crippen LogP contribution in [0, 0.1) is 20.4 Å². The zero-order valence-corrected chi connectivity index (χ0v) is 11.9. The number of aromatic hydroxyl groups is 1. The van der Waals surface area contributed by atoms with Crippen LogP contribution in [0.2, 0.25) is 0 Å². The summed E-state index contributed by atoms with van der Waals surface area (Å²) in [6, 6.07) is 8.87. The van der Waals surface area contributed by atoms with Gasteiger partial charge in [0.25, 0.3) is 11.2 Å². The summed E-state index contributed by atoms with van der Waals surface area (Å²) in [4.78, 5) is 15.5. The van der Waals surface area contributed by atoms with E-state index in [0.717, 1.165) is 4.57 Å². The van der Waals surface area contributed by atoms with E-state index in [0.29, 0.717) is 16.7 Å². The van der Waals surface area contributed by atoms with Crippen LogP contribution in [0.25, 0.3) is 4.85 Å². The van der Waals surface area contributed by atoms with Gasteiger partial charge in [-0.3, -0.25) is 9.36 Å². The molecule has 1 aromatic carbocycles. The van der Waals surface area contributed by atoms with Crippen LogP contribution < -0.4 is 5.56 Å². The standard InChI is InChI=1S/C16H16N2O3/c1-10-11(2)15(20)18(16(21)14(10)17-3)9-13(19)12-7-5-4-6-8-12/h4-8,13,19-20H,9H2,1-2H3. The van der Waals surface area contributed by atoms with E-state index in [4.69, 9.17) is 6.57 Å². The van der Waals surface area contributed by atoms with Crippen LogP contribution in [0.4, 0.5) is 5.69 Å². The molecule has 2 rings (SSSR count). The summed E-state index contributed by atoms with van der Waals surface area (Å²) in [5, 5.41) is 20.3. The minimum Gasteiger partial charge on any atom is -0.494 e. The average molecular weight is 284 g/mol. The molecule has 5 heteroatoms. The van der Waals surface area contributed by atoms with Crippen molar-refractivity contribution in [3.63, 3.8) is 0 Å². The van der Waals surface area contributed by atoms with Crippen molar-refractivity contribution in [1.82, 2.24) is 4.57 Å². The lowest BCUT2D eigenvalue weighted by Gasteiger charge is -2.17. The number of aliphatic hydroxyl groups is 1. The van der Waals surface area contributed by atoms with Crippen molar-refractivity contribution < 1.29 is 10.2 Å². The quantitative estimate of drug-likeness (QED) is 0.851. The van der Waals surface area contributed by atoms with Gasteiger partial charge >= 0.3 is 0 Å². The Kier molecular flexibility index (Phi) is 4.10. The molecule has 1 atom stereocenters. The SMILES string of the molecule is [C-]#[N+]c1c(C)c(C)c(O)n(CC(O)c2ccccc2)c1=O. The summed E-state index contributed by atoms with van der Waals surface area (Å²) in [5.41, 5.74) is 0.983. The third kappa shape index (κ3) is 2.67. The van der Waals surface area contributed by atoms with Gasteiger partial charge < -0.3 is 10.2 Å². The summed E-state index contributed by atoms with van der Waals surface area (Å²) in [6.07, 6.45) is -0.935. The molecule has 0 bridgehead atoms. The molecule has 0 saturated carbocycles. The predicted octanol–water partition coefficient (Wildman–Crippen LogP) is 2.46. The largest absolute Gasteiger partial charge is 0.494 e. The van der Waals surface area contributed by atoms with Gasteiger partial charge in [0.05, 0.1) is 19.2 Å². The second-order valence-corrected chi connectivity index (χ2v) is 4.88. The number of hydrogen-bond donors (Lipinski definition) is 2. The number of aromatic nitrogens is 1. The van der Waals surface area contributed by atoms with E-state index in [1.807, 2.05) is 6.07 Å². The fraction of sp³-hybridized carbons (Fsp3) is 0.250. The Bertz CT molecular complexity index is 758.